The Morgan fingerprint density at radius 1 is 1.33 bits per heavy atom. The summed E-state index contributed by atoms with van der Waals surface area (Å²) in [5, 5.41) is 6.34. The first-order valence-corrected chi connectivity index (χ1v) is 7.91. The molecule has 18 heavy (non-hydrogen) atoms. The summed E-state index contributed by atoms with van der Waals surface area (Å²) in [6.07, 6.45) is 3.20. The van der Waals surface area contributed by atoms with E-state index in [1.165, 1.54) is 18.0 Å². The molecule has 0 saturated carbocycles. The van der Waals surface area contributed by atoms with Crippen LogP contribution in [0.25, 0.3) is 0 Å². The van der Waals surface area contributed by atoms with E-state index in [1.807, 2.05) is 18.4 Å². The van der Waals surface area contributed by atoms with E-state index < -0.39 is 10.0 Å². The zero-order valence-corrected chi connectivity index (χ0v) is 11.6. The molecular formula is C11H13N3O2S2. The van der Waals surface area contributed by atoms with Gasteiger partial charge >= 0.3 is 0 Å². The molecule has 2 N–H and O–H groups in total. The van der Waals surface area contributed by atoms with E-state index >= 15 is 0 Å². The Morgan fingerprint density at radius 2 is 2.06 bits per heavy atom. The Kier molecular flexibility index (Phi) is 3.63. The molecule has 7 heteroatoms. The normalized spacial score (nSPS) is 11.4. The van der Waals surface area contributed by atoms with Gasteiger partial charge in [0.2, 0.25) is 0 Å². The second-order valence-electron chi connectivity index (χ2n) is 3.67. The van der Waals surface area contributed by atoms with Gasteiger partial charge in [0.15, 0.2) is 0 Å². The number of para-hydroxylation sites is 1. The molecule has 0 aliphatic heterocycles. The van der Waals surface area contributed by atoms with E-state index in [1.54, 1.807) is 19.1 Å². The Bertz CT molecular complexity index is 650. The second-order valence-corrected chi connectivity index (χ2v) is 6.16. The summed E-state index contributed by atoms with van der Waals surface area (Å²) in [5.74, 6) is 0. The monoisotopic (exact) mass is 283 g/mol. The number of aromatic nitrogens is 2. The predicted octanol–water partition coefficient (Wildman–Crippen LogP) is 2.24. The highest BCUT2D eigenvalue weighted by Gasteiger charge is 2.19. The van der Waals surface area contributed by atoms with Crippen LogP contribution in [0.15, 0.2) is 40.3 Å². The van der Waals surface area contributed by atoms with E-state index in [2.05, 4.69) is 14.9 Å². The molecule has 2 rings (SSSR count). The smallest absolute Gasteiger partial charge is 0.265 e. The number of sulfonamides is 1. The maximum Gasteiger partial charge on any atom is 0.265 e. The van der Waals surface area contributed by atoms with Gasteiger partial charge in [-0.25, -0.2) is 8.42 Å². The number of thioether (sulfide) groups is 1. The third-order valence-electron chi connectivity index (χ3n) is 2.42. The number of aryl methyl sites for hydroxylation is 1. The van der Waals surface area contributed by atoms with Crippen LogP contribution in [0.4, 0.5) is 5.69 Å². The molecule has 0 unspecified atom stereocenters. The maximum atomic E-state index is 12.2. The lowest BCUT2D eigenvalue weighted by molar-refractivity contribution is 0.600. The largest absolute Gasteiger partial charge is 0.281 e. The number of rotatable bonds is 4. The fourth-order valence-corrected chi connectivity index (χ4v) is 3.38. The van der Waals surface area contributed by atoms with E-state index in [0.717, 1.165) is 4.90 Å². The Morgan fingerprint density at radius 3 is 2.67 bits per heavy atom. The minimum absolute atomic E-state index is 0.165. The van der Waals surface area contributed by atoms with Gasteiger partial charge in [0.05, 0.1) is 17.6 Å². The van der Waals surface area contributed by atoms with Crippen LogP contribution < -0.4 is 4.72 Å². The number of anilines is 1. The van der Waals surface area contributed by atoms with E-state index in [9.17, 15) is 8.42 Å². The summed E-state index contributed by atoms with van der Waals surface area (Å²) in [7, 11) is -3.59. The van der Waals surface area contributed by atoms with Gasteiger partial charge in [-0.2, -0.15) is 5.10 Å². The summed E-state index contributed by atoms with van der Waals surface area (Å²) in [6.45, 7) is 1.67. The van der Waals surface area contributed by atoms with Crippen molar-refractivity contribution in [3.8, 4) is 0 Å². The molecule has 1 aromatic carbocycles. The van der Waals surface area contributed by atoms with Gasteiger partial charge in [-0.15, -0.1) is 11.8 Å². The highest BCUT2D eigenvalue weighted by Crippen LogP contribution is 2.27. The third kappa shape index (κ3) is 2.51. The number of aromatic amines is 1. The van der Waals surface area contributed by atoms with E-state index in [0.29, 0.717) is 11.4 Å². The van der Waals surface area contributed by atoms with Crippen LogP contribution in [0.1, 0.15) is 5.69 Å². The fourth-order valence-electron chi connectivity index (χ4n) is 1.54. The number of hydrogen-bond acceptors (Lipinski definition) is 4. The van der Waals surface area contributed by atoms with Gasteiger partial charge in [0.25, 0.3) is 10.0 Å². The summed E-state index contributed by atoms with van der Waals surface area (Å²) in [4.78, 5) is 1.04. The average molecular weight is 283 g/mol. The van der Waals surface area contributed by atoms with Crippen molar-refractivity contribution in [3.63, 3.8) is 0 Å². The van der Waals surface area contributed by atoms with Crippen LogP contribution in [-0.2, 0) is 10.0 Å². The number of nitrogens with zero attached hydrogens (tertiary/aromatic N) is 1. The molecule has 2 aromatic rings. The lowest BCUT2D eigenvalue weighted by Gasteiger charge is -2.10. The number of benzene rings is 1. The molecule has 5 nitrogen and oxygen atoms in total. The van der Waals surface area contributed by atoms with Crippen molar-refractivity contribution in [1.82, 2.24) is 10.2 Å². The fraction of sp³-hybridized carbons (Fsp3) is 0.182. The van der Waals surface area contributed by atoms with E-state index in [-0.39, 0.29) is 4.90 Å². The average Bonchev–Trinajstić information content (AvgIpc) is 2.76. The molecule has 0 spiro atoms. The molecule has 0 fully saturated rings. The van der Waals surface area contributed by atoms with Gasteiger partial charge in [-0.3, -0.25) is 9.82 Å². The topological polar surface area (TPSA) is 74.8 Å². The quantitative estimate of drug-likeness (QED) is 0.844. The highest BCUT2D eigenvalue weighted by molar-refractivity contribution is 7.99. The van der Waals surface area contributed by atoms with Crippen molar-refractivity contribution in [3.05, 3.63) is 36.2 Å². The molecule has 0 saturated heterocycles. The summed E-state index contributed by atoms with van der Waals surface area (Å²) >= 11 is 1.49. The van der Waals surface area contributed by atoms with Gasteiger partial charge in [-0.1, -0.05) is 12.1 Å². The Hall–Kier alpha value is -1.47. The van der Waals surface area contributed by atoms with Crippen molar-refractivity contribution in [2.24, 2.45) is 0 Å². The molecule has 0 atom stereocenters. The standard InChI is InChI=1S/C11H13N3O2S2/c1-8-11(7-12-13-8)18(15,16)14-9-5-3-4-6-10(9)17-2/h3-7,14H,1-2H3,(H,12,13). The highest BCUT2D eigenvalue weighted by atomic mass is 32.2. The zero-order valence-electron chi connectivity index (χ0n) is 9.97. The Balaban J connectivity index is 2.37. The third-order valence-corrected chi connectivity index (χ3v) is 4.70. The first-order chi connectivity index (χ1) is 8.54. The first kappa shape index (κ1) is 13.0. The molecule has 1 heterocycles. The van der Waals surface area contributed by atoms with Gasteiger partial charge in [-0.05, 0) is 25.3 Å². The van der Waals surface area contributed by atoms with Crippen molar-refractivity contribution >= 4 is 27.5 Å². The van der Waals surface area contributed by atoms with Gasteiger partial charge in [0, 0.05) is 4.90 Å². The molecule has 0 bridgehead atoms. The molecule has 96 valence electrons. The summed E-state index contributed by atoms with van der Waals surface area (Å²) in [5.41, 5.74) is 1.09. The maximum absolute atomic E-state index is 12.2. The number of hydrogen-bond donors (Lipinski definition) is 2. The van der Waals surface area contributed by atoms with Crippen LogP contribution in [-0.4, -0.2) is 24.9 Å². The van der Waals surface area contributed by atoms with Crippen LogP contribution in [0.3, 0.4) is 0 Å². The Labute approximate surface area is 110 Å². The molecule has 1 aromatic heterocycles. The molecular weight excluding hydrogens is 270 g/mol. The van der Waals surface area contributed by atoms with Crippen molar-refractivity contribution < 1.29 is 8.42 Å². The predicted molar refractivity (Wildman–Crippen MR) is 72.4 cm³/mol. The molecule has 0 aliphatic rings. The SMILES string of the molecule is CSc1ccccc1NS(=O)(=O)c1cn[nH]c1C. The van der Waals surface area contributed by atoms with Crippen LogP contribution in [0.2, 0.25) is 0 Å². The van der Waals surface area contributed by atoms with Gasteiger partial charge in [0.1, 0.15) is 4.90 Å². The van der Waals surface area contributed by atoms with Gasteiger partial charge < -0.3 is 0 Å². The number of H-pyrrole nitrogens is 1. The van der Waals surface area contributed by atoms with Crippen LogP contribution in [0.5, 0.6) is 0 Å². The molecule has 0 aliphatic carbocycles. The summed E-state index contributed by atoms with van der Waals surface area (Å²) < 4.78 is 26.9. The minimum atomic E-state index is -3.59. The van der Waals surface area contributed by atoms with Crippen molar-refractivity contribution in [1.29, 1.82) is 0 Å². The van der Waals surface area contributed by atoms with E-state index in [4.69, 9.17) is 0 Å². The van der Waals surface area contributed by atoms with Crippen LogP contribution >= 0.6 is 11.8 Å². The first-order valence-electron chi connectivity index (χ1n) is 5.20. The minimum Gasteiger partial charge on any atom is -0.281 e. The second kappa shape index (κ2) is 5.03. The lowest BCUT2D eigenvalue weighted by Crippen LogP contribution is -2.13. The van der Waals surface area contributed by atoms with Crippen molar-refractivity contribution in [2.75, 3.05) is 11.0 Å². The molecule has 0 radical (unpaired) electrons. The van der Waals surface area contributed by atoms with Crippen LogP contribution in [0, 0.1) is 6.92 Å². The summed E-state index contributed by atoms with van der Waals surface area (Å²) in [6, 6.07) is 7.26. The molecule has 0 amide bonds. The zero-order chi connectivity index (χ0) is 13.2. The lowest BCUT2D eigenvalue weighted by atomic mass is 10.3. The van der Waals surface area contributed by atoms with Crippen molar-refractivity contribution in [2.45, 2.75) is 16.7 Å². The number of nitrogens with one attached hydrogen (secondary N) is 2.